The van der Waals surface area contributed by atoms with Crippen LogP contribution in [0.3, 0.4) is 0 Å². The fraction of sp³-hybridized carbons (Fsp3) is 0.421. The number of benzene rings is 1. The minimum Gasteiger partial charge on any atom is -0.550 e. The Labute approximate surface area is 147 Å². The third-order valence-electron chi connectivity index (χ3n) is 4.10. The Morgan fingerprint density at radius 1 is 1.16 bits per heavy atom. The number of para-hydroxylation sites is 1. The van der Waals surface area contributed by atoms with Gasteiger partial charge in [-0.25, -0.2) is 4.68 Å². The molecule has 2 rings (SSSR count). The zero-order valence-corrected chi connectivity index (χ0v) is 14.8. The fourth-order valence-corrected chi connectivity index (χ4v) is 2.81. The predicted octanol–water partition coefficient (Wildman–Crippen LogP) is 2.25. The second-order valence-corrected chi connectivity index (χ2v) is 6.77. The molecule has 0 spiro atoms. The SMILES string of the molecule is CC(C)C[C@@H](C(=O)[O-])[C@@H](C)CC(=O)Nc1ccn(-c2ccccc2)n1. The van der Waals surface area contributed by atoms with Crippen LogP contribution >= 0.6 is 0 Å². The van der Waals surface area contributed by atoms with Crippen LogP contribution in [0.25, 0.3) is 5.69 Å². The molecule has 0 aliphatic carbocycles. The highest BCUT2D eigenvalue weighted by atomic mass is 16.4. The van der Waals surface area contributed by atoms with Gasteiger partial charge in [-0.2, -0.15) is 5.10 Å². The molecule has 0 aliphatic heterocycles. The van der Waals surface area contributed by atoms with Crippen LogP contribution in [0.2, 0.25) is 0 Å². The van der Waals surface area contributed by atoms with Gasteiger partial charge in [0, 0.05) is 30.6 Å². The van der Waals surface area contributed by atoms with Crippen molar-refractivity contribution >= 4 is 17.7 Å². The summed E-state index contributed by atoms with van der Waals surface area (Å²) in [5, 5.41) is 18.4. The van der Waals surface area contributed by atoms with Crippen LogP contribution in [-0.2, 0) is 9.59 Å². The molecule has 134 valence electrons. The number of carbonyl (C=O) groups is 2. The molecule has 6 nitrogen and oxygen atoms in total. The molecular formula is C19H24N3O3-. The monoisotopic (exact) mass is 342 g/mol. The zero-order chi connectivity index (χ0) is 18.4. The number of hydrogen-bond acceptors (Lipinski definition) is 4. The average Bonchev–Trinajstić information content (AvgIpc) is 3.01. The van der Waals surface area contributed by atoms with Crippen LogP contribution in [0.5, 0.6) is 0 Å². The number of anilines is 1. The van der Waals surface area contributed by atoms with Crippen molar-refractivity contribution in [1.29, 1.82) is 0 Å². The summed E-state index contributed by atoms with van der Waals surface area (Å²) in [5.74, 6) is -1.61. The fourth-order valence-electron chi connectivity index (χ4n) is 2.81. The highest BCUT2D eigenvalue weighted by molar-refractivity contribution is 5.90. The van der Waals surface area contributed by atoms with E-state index in [4.69, 9.17) is 0 Å². The molecule has 25 heavy (non-hydrogen) atoms. The highest BCUT2D eigenvalue weighted by Crippen LogP contribution is 2.23. The first-order chi connectivity index (χ1) is 11.9. The summed E-state index contributed by atoms with van der Waals surface area (Å²) in [6.45, 7) is 5.68. The van der Waals surface area contributed by atoms with Crippen LogP contribution in [0.4, 0.5) is 5.82 Å². The van der Waals surface area contributed by atoms with E-state index < -0.39 is 11.9 Å². The third kappa shape index (κ3) is 5.45. The molecule has 6 heteroatoms. The van der Waals surface area contributed by atoms with Gasteiger partial charge in [-0.1, -0.05) is 39.0 Å². The number of aromatic nitrogens is 2. The molecule has 2 atom stereocenters. The number of nitrogens with zero attached hydrogens (tertiary/aromatic N) is 2. The number of aliphatic carboxylic acids is 1. The van der Waals surface area contributed by atoms with Crippen molar-refractivity contribution < 1.29 is 14.7 Å². The maximum absolute atomic E-state index is 12.2. The van der Waals surface area contributed by atoms with Gasteiger partial charge < -0.3 is 15.2 Å². The lowest BCUT2D eigenvalue weighted by Gasteiger charge is -2.26. The lowest BCUT2D eigenvalue weighted by Crippen LogP contribution is -2.37. The molecule has 0 bridgehead atoms. The number of nitrogens with one attached hydrogen (secondary N) is 1. The van der Waals surface area contributed by atoms with Crippen LogP contribution in [-0.4, -0.2) is 21.7 Å². The first-order valence-corrected chi connectivity index (χ1v) is 8.48. The van der Waals surface area contributed by atoms with Crippen LogP contribution < -0.4 is 10.4 Å². The van der Waals surface area contributed by atoms with Gasteiger partial charge in [0.25, 0.3) is 0 Å². The van der Waals surface area contributed by atoms with Crippen molar-refractivity contribution in [2.75, 3.05) is 5.32 Å². The van der Waals surface area contributed by atoms with Gasteiger partial charge in [0.1, 0.15) is 0 Å². The highest BCUT2D eigenvalue weighted by Gasteiger charge is 2.22. The molecule has 1 N–H and O–H groups in total. The Hall–Kier alpha value is -2.63. The summed E-state index contributed by atoms with van der Waals surface area (Å²) < 4.78 is 1.67. The van der Waals surface area contributed by atoms with Crippen molar-refractivity contribution in [1.82, 2.24) is 9.78 Å². The first-order valence-electron chi connectivity index (χ1n) is 8.48. The van der Waals surface area contributed by atoms with Gasteiger partial charge in [0.2, 0.25) is 5.91 Å². The minimum atomic E-state index is -1.10. The summed E-state index contributed by atoms with van der Waals surface area (Å²) in [5.41, 5.74) is 0.894. The second kappa shape index (κ2) is 8.46. The average molecular weight is 342 g/mol. The van der Waals surface area contributed by atoms with Gasteiger partial charge in [-0.15, -0.1) is 0 Å². The molecule has 1 aromatic heterocycles. The van der Waals surface area contributed by atoms with E-state index in [0.717, 1.165) is 5.69 Å². The van der Waals surface area contributed by atoms with Crippen LogP contribution in [0.1, 0.15) is 33.6 Å². The second-order valence-electron chi connectivity index (χ2n) is 6.77. The molecule has 0 aliphatic rings. The lowest BCUT2D eigenvalue weighted by molar-refractivity contribution is -0.313. The Morgan fingerprint density at radius 3 is 2.44 bits per heavy atom. The normalized spacial score (nSPS) is 13.4. The maximum Gasteiger partial charge on any atom is 0.225 e. The molecule has 0 saturated carbocycles. The van der Waals surface area contributed by atoms with Crippen molar-refractivity contribution in [3.63, 3.8) is 0 Å². The Balaban J connectivity index is 1.96. The molecule has 0 radical (unpaired) electrons. The van der Waals surface area contributed by atoms with E-state index in [0.29, 0.717) is 12.2 Å². The maximum atomic E-state index is 12.2. The molecule has 1 heterocycles. The van der Waals surface area contributed by atoms with E-state index in [2.05, 4.69) is 10.4 Å². The number of hydrogen-bond donors (Lipinski definition) is 1. The summed E-state index contributed by atoms with van der Waals surface area (Å²) in [4.78, 5) is 23.5. The largest absolute Gasteiger partial charge is 0.550 e. The molecule has 1 amide bonds. The van der Waals surface area contributed by atoms with Crippen molar-refractivity contribution in [2.24, 2.45) is 17.8 Å². The van der Waals surface area contributed by atoms with Crippen molar-refractivity contribution in [3.05, 3.63) is 42.6 Å². The molecule has 0 fully saturated rings. The molecule has 1 aromatic carbocycles. The van der Waals surface area contributed by atoms with Gasteiger partial charge in [0.15, 0.2) is 5.82 Å². The molecule has 0 saturated heterocycles. The van der Waals surface area contributed by atoms with Gasteiger partial charge in [-0.05, 0) is 30.4 Å². The van der Waals surface area contributed by atoms with E-state index >= 15 is 0 Å². The summed E-state index contributed by atoms with van der Waals surface area (Å²) >= 11 is 0. The number of carboxylic acids is 1. The topological polar surface area (TPSA) is 87.0 Å². The van der Waals surface area contributed by atoms with E-state index in [1.165, 1.54) is 0 Å². The van der Waals surface area contributed by atoms with Crippen LogP contribution in [0, 0.1) is 17.8 Å². The van der Waals surface area contributed by atoms with E-state index in [1.54, 1.807) is 23.9 Å². The van der Waals surface area contributed by atoms with Crippen molar-refractivity contribution in [2.45, 2.75) is 33.6 Å². The number of rotatable bonds is 8. The molecular weight excluding hydrogens is 318 g/mol. The summed E-state index contributed by atoms with van der Waals surface area (Å²) in [6, 6.07) is 11.3. The van der Waals surface area contributed by atoms with E-state index in [-0.39, 0.29) is 24.2 Å². The zero-order valence-electron chi connectivity index (χ0n) is 14.8. The summed E-state index contributed by atoms with van der Waals surface area (Å²) in [7, 11) is 0. The number of carboxylic acid groups (broad SMARTS) is 1. The Morgan fingerprint density at radius 2 is 1.84 bits per heavy atom. The van der Waals surface area contributed by atoms with Gasteiger partial charge >= 0.3 is 0 Å². The third-order valence-corrected chi connectivity index (χ3v) is 4.10. The smallest absolute Gasteiger partial charge is 0.225 e. The van der Waals surface area contributed by atoms with E-state index in [9.17, 15) is 14.7 Å². The standard InChI is InChI=1S/C19H25N3O3/c1-13(2)11-16(19(24)25)14(3)12-18(23)20-17-9-10-22(21-17)15-7-5-4-6-8-15/h4-10,13-14,16H,11-12H2,1-3H3,(H,24,25)(H,20,21,23)/p-1/t14-,16+/m0/s1. The Kier molecular flexibility index (Phi) is 6.33. The summed E-state index contributed by atoms with van der Waals surface area (Å²) in [6.07, 6.45) is 2.38. The molecule has 0 unspecified atom stereocenters. The van der Waals surface area contributed by atoms with Gasteiger partial charge in [0.05, 0.1) is 5.69 Å². The predicted molar refractivity (Wildman–Crippen MR) is 93.9 cm³/mol. The quantitative estimate of drug-likeness (QED) is 0.797. The first kappa shape index (κ1) is 18.7. The number of carbonyl (C=O) groups excluding carboxylic acids is 2. The van der Waals surface area contributed by atoms with E-state index in [1.807, 2.05) is 44.2 Å². The number of amides is 1. The minimum absolute atomic E-state index is 0.115. The van der Waals surface area contributed by atoms with Crippen LogP contribution in [0.15, 0.2) is 42.6 Å². The lowest BCUT2D eigenvalue weighted by atomic mass is 9.84. The Bertz CT molecular complexity index is 710. The molecule has 2 aromatic rings. The van der Waals surface area contributed by atoms with Crippen molar-refractivity contribution in [3.8, 4) is 5.69 Å². The van der Waals surface area contributed by atoms with Gasteiger partial charge in [-0.3, -0.25) is 4.79 Å².